The third-order valence-electron chi connectivity index (χ3n) is 2.41. The Morgan fingerprint density at radius 3 is 2.64 bits per heavy atom. The number of benzene rings is 1. The first-order chi connectivity index (χ1) is 6.70. The topological polar surface area (TPSA) is 24.9 Å². The van der Waals surface area contributed by atoms with E-state index in [0.717, 1.165) is 11.3 Å². The van der Waals surface area contributed by atoms with Crippen molar-refractivity contribution in [2.24, 2.45) is 0 Å². The number of anilines is 1. The van der Waals surface area contributed by atoms with Crippen LogP contribution in [0.2, 0.25) is 0 Å². The van der Waals surface area contributed by atoms with Crippen LogP contribution in [0.1, 0.15) is 11.1 Å². The molecule has 72 valence electrons. The Balaban J connectivity index is 2.75. The van der Waals surface area contributed by atoms with Gasteiger partial charge in [0.25, 0.3) is 0 Å². The standard InChI is InChI=1S/C12H14N2/c1-8-6-9(2)10-4-5-12(13-3)14-11(10)7-8/h4-7H,1-3H3,(H,13,14). The van der Waals surface area contributed by atoms with Gasteiger partial charge in [-0.05, 0) is 43.2 Å². The molecular weight excluding hydrogens is 172 g/mol. The van der Waals surface area contributed by atoms with Crippen molar-refractivity contribution in [1.29, 1.82) is 0 Å². The molecule has 0 aliphatic rings. The molecule has 0 radical (unpaired) electrons. The highest BCUT2D eigenvalue weighted by atomic mass is 15.0. The van der Waals surface area contributed by atoms with Crippen molar-refractivity contribution < 1.29 is 0 Å². The predicted octanol–water partition coefficient (Wildman–Crippen LogP) is 2.89. The number of aryl methyl sites for hydroxylation is 2. The molecule has 2 rings (SSSR count). The quantitative estimate of drug-likeness (QED) is 0.740. The van der Waals surface area contributed by atoms with E-state index in [9.17, 15) is 0 Å². The van der Waals surface area contributed by atoms with E-state index < -0.39 is 0 Å². The second-order valence-corrected chi connectivity index (χ2v) is 3.59. The Hall–Kier alpha value is -1.57. The molecule has 14 heavy (non-hydrogen) atoms. The van der Waals surface area contributed by atoms with Crippen LogP contribution in [0, 0.1) is 13.8 Å². The number of fused-ring (bicyclic) bond motifs is 1. The highest BCUT2D eigenvalue weighted by Gasteiger charge is 2.00. The molecule has 1 heterocycles. The molecule has 0 amide bonds. The van der Waals surface area contributed by atoms with Gasteiger partial charge in [-0.25, -0.2) is 4.98 Å². The maximum atomic E-state index is 4.50. The van der Waals surface area contributed by atoms with E-state index in [2.05, 4.69) is 42.3 Å². The zero-order valence-electron chi connectivity index (χ0n) is 8.76. The summed E-state index contributed by atoms with van der Waals surface area (Å²) < 4.78 is 0. The molecule has 1 aromatic heterocycles. The summed E-state index contributed by atoms with van der Waals surface area (Å²) >= 11 is 0. The molecular formula is C12H14N2. The molecule has 0 spiro atoms. The lowest BCUT2D eigenvalue weighted by Crippen LogP contribution is -1.93. The Labute approximate surface area is 84.0 Å². The van der Waals surface area contributed by atoms with Crippen LogP contribution in [0.25, 0.3) is 10.9 Å². The summed E-state index contributed by atoms with van der Waals surface area (Å²) in [5.74, 6) is 0.919. The summed E-state index contributed by atoms with van der Waals surface area (Å²) in [6.45, 7) is 4.22. The van der Waals surface area contributed by atoms with E-state index >= 15 is 0 Å². The summed E-state index contributed by atoms with van der Waals surface area (Å²) in [4.78, 5) is 4.50. The minimum atomic E-state index is 0.919. The maximum Gasteiger partial charge on any atom is 0.126 e. The molecule has 2 aromatic rings. The Morgan fingerprint density at radius 1 is 1.14 bits per heavy atom. The number of aromatic nitrogens is 1. The van der Waals surface area contributed by atoms with Gasteiger partial charge in [0.2, 0.25) is 0 Å². The molecule has 2 nitrogen and oxygen atoms in total. The molecule has 1 N–H and O–H groups in total. The van der Waals surface area contributed by atoms with Crippen LogP contribution in [0.5, 0.6) is 0 Å². The molecule has 0 bridgehead atoms. The van der Waals surface area contributed by atoms with Crippen molar-refractivity contribution in [2.45, 2.75) is 13.8 Å². The average molecular weight is 186 g/mol. The molecule has 0 atom stereocenters. The zero-order chi connectivity index (χ0) is 10.1. The van der Waals surface area contributed by atoms with E-state index in [4.69, 9.17) is 0 Å². The molecule has 0 fully saturated rings. The lowest BCUT2D eigenvalue weighted by Gasteiger charge is -2.05. The summed E-state index contributed by atoms with van der Waals surface area (Å²) in [6.07, 6.45) is 0. The monoisotopic (exact) mass is 186 g/mol. The van der Waals surface area contributed by atoms with Gasteiger partial charge >= 0.3 is 0 Å². The lowest BCUT2D eigenvalue weighted by molar-refractivity contribution is 1.32. The van der Waals surface area contributed by atoms with Gasteiger partial charge in [0.05, 0.1) is 5.52 Å². The molecule has 1 aromatic carbocycles. The Bertz CT molecular complexity index is 475. The van der Waals surface area contributed by atoms with Crippen LogP contribution in [0.3, 0.4) is 0 Å². The smallest absolute Gasteiger partial charge is 0.126 e. The van der Waals surface area contributed by atoms with Gasteiger partial charge in [-0.3, -0.25) is 0 Å². The van der Waals surface area contributed by atoms with E-state index in [-0.39, 0.29) is 0 Å². The number of rotatable bonds is 1. The summed E-state index contributed by atoms with van der Waals surface area (Å²) in [7, 11) is 1.89. The van der Waals surface area contributed by atoms with E-state index in [1.54, 1.807) is 0 Å². The Morgan fingerprint density at radius 2 is 1.93 bits per heavy atom. The van der Waals surface area contributed by atoms with Crippen LogP contribution >= 0.6 is 0 Å². The molecule has 0 saturated carbocycles. The first kappa shape index (κ1) is 9.00. The van der Waals surface area contributed by atoms with Gasteiger partial charge in [-0.1, -0.05) is 6.07 Å². The number of nitrogens with zero attached hydrogens (tertiary/aromatic N) is 1. The molecule has 0 unspecified atom stereocenters. The first-order valence-electron chi connectivity index (χ1n) is 4.76. The fourth-order valence-electron chi connectivity index (χ4n) is 1.73. The van der Waals surface area contributed by atoms with Gasteiger partial charge in [0.15, 0.2) is 0 Å². The first-order valence-corrected chi connectivity index (χ1v) is 4.76. The normalized spacial score (nSPS) is 10.5. The van der Waals surface area contributed by atoms with Crippen LogP contribution in [-0.2, 0) is 0 Å². The molecule has 0 saturated heterocycles. The number of hydrogen-bond donors (Lipinski definition) is 1. The highest BCUT2D eigenvalue weighted by molar-refractivity contribution is 5.84. The maximum absolute atomic E-state index is 4.50. The van der Waals surface area contributed by atoms with Crippen LogP contribution < -0.4 is 5.32 Å². The lowest BCUT2D eigenvalue weighted by atomic mass is 10.1. The second-order valence-electron chi connectivity index (χ2n) is 3.59. The van der Waals surface area contributed by atoms with E-state index in [1.807, 2.05) is 13.1 Å². The number of hydrogen-bond acceptors (Lipinski definition) is 2. The second kappa shape index (κ2) is 3.29. The van der Waals surface area contributed by atoms with Crippen LogP contribution in [0.4, 0.5) is 5.82 Å². The van der Waals surface area contributed by atoms with Crippen molar-refractivity contribution in [2.75, 3.05) is 12.4 Å². The van der Waals surface area contributed by atoms with Crippen molar-refractivity contribution in [1.82, 2.24) is 4.98 Å². The van der Waals surface area contributed by atoms with E-state index in [0.29, 0.717) is 0 Å². The van der Waals surface area contributed by atoms with Gasteiger partial charge in [0.1, 0.15) is 5.82 Å². The van der Waals surface area contributed by atoms with E-state index in [1.165, 1.54) is 16.5 Å². The highest BCUT2D eigenvalue weighted by Crippen LogP contribution is 2.20. The Kier molecular flexibility index (Phi) is 2.12. The summed E-state index contributed by atoms with van der Waals surface area (Å²) in [5.41, 5.74) is 3.61. The average Bonchev–Trinajstić information content (AvgIpc) is 2.16. The minimum Gasteiger partial charge on any atom is -0.373 e. The fraction of sp³-hybridized carbons (Fsp3) is 0.250. The predicted molar refractivity (Wildman–Crippen MR) is 60.8 cm³/mol. The minimum absolute atomic E-state index is 0.919. The van der Waals surface area contributed by atoms with Crippen molar-refractivity contribution >= 4 is 16.7 Å². The van der Waals surface area contributed by atoms with Crippen molar-refractivity contribution in [3.05, 3.63) is 35.4 Å². The largest absolute Gasteiger partial charge is 0.373 e. The summed E-state index contributed by atoms with van der Waals surface area (Å²) in [5, 5.41) is 4.28. The van der Waals surface area contributed by atoms with Crippen molar-refractivity contribution in [3.8, 4) is 0 Å². The third kappa shape index (κ3) is 1.43. The van der Waals surface area contributed by atoms with Crippen LogP contribution in [-0.4, -0.2) is 12.0 Å². The fourth-order valence-corrected chi connectivity index (χ4v) is 1.73. The molecule has 2 heteroatoms. The van der Waals surface area contributed by atoms with Gasteiger partial charge in [0, 0.05) is 12.4 Å². The van der Waals surface area contributed by atoms with Gasteiger partial charge in [-0.15, -0.1) is 0 Å². The third-order valence-corrected chi connectivity index (χ3v) is 2.41. The van der Waals surface area contributed by atoms with Gasteiger partial charge in [-0.2, -0.15) is 0 Å². The van der Waals surface area contributed by atoms with Crippen molar-refractivity contribution in [3.63, 3.8) is 0 Å². The van der Waals surface area contributed by atoms with Gasteiger partial charge < -0.3 is 5.32 Å². The number of pyridine rings is 1. The molecule has 0 aliphatic carbocycles. The number of nitrogens with one attached hydrogen (secondary N) is 1. The SMILES string of the molecule is CNc1ccc2c(C)cc(C)cc2n1. The molecule has 0 aliphatic heterocycles. The zero-order valence-corrected chi connectivity index (χ0v) is 8.76. The van der Waals surface area contributed by atoms with Crippen LogP contribution in [0.15, 0.2) is 24.3 Å². The summed E-state index contributed by atoms with van der Waals surface area (Å²) in [6, 6.07) is 8.42.